The fourth-order valence-electron chi connectivity index (χ4n) is 1.77. The molecule has 9 heteroatoms. The molecule has 0 N–H and O–H groups in total. The minimum atomic E-state index is 0.476. The Morgan fingerprint density at radius 1 is 1.09 bits per heavy atom. The van der Waals surface area contributed by atoms with Gasteiger partial charge in [-0.15, -0.1) is 10.2 Å². The van der Waals surface area contributed by atoms with Crippen molar-refractivity contribution >= 4 is 23.5 Å². The number of methoxy groups -OCH3 is 1. The van der Waals surface area contributed by atoms with E-state index in [0.29, 0.717) is 34.3 Å². The predicted octanol–water partition coefficient (Wildman–Crippen LogP) is 3.28. The molecule has 1 aromatic carbocycles. The second-order valence-corrected chi connectivity index (χ2v) is 6.22. The van der Waals surface area contributed by atoms with Crippen LogP contribution in [0.5, 0.6) is 5.75 Å². The Morgan fingerprint density at radius 2 is 1.91 bits per heavy atom. The van der Waals surface area contributed by atoms with E-state index < -0.39 is 0 Å². The molecule has 2 aromatic heterocycles. The summed E-state index contributed by atoms with van der Waals surface area (Å²) >= 11 is 3.00. The van der Waals surface area contributed by atoms with Crippen LogP contribution >= 0.6 is 23.5 Å². The molecule has 3 rings (SSSR count). The minimum Gasteiger partial charge on any atom is -0.497 e. The first kappa shape index (κ1) is 15.9. The van der Waals surface area contributed by atoms with Crippen molar-refractivity contribution in [3.8, 4) is 17.1 Å². The lowest BCUT2D eigenvalue weighted by Crippen LogP contribution is -1.85. The monoisotopic (exact) mass is 350 g/mol. The fourth-order valence-corrected chi connectivity index (χ4v) is 2.75. The van der Waals surface area contributed by atoms with Crippen LogP contribution in [0.3, 0.4) is 0 Å². The molecular weight excluding hydrogens is 336 g/mol. The van der Waals surface area contributed by atoms with Crippen LogP contribution in [0.4, 0.5) is 0 Å². The Kier molecular flexibility index (Phi) is 5.19. The fraction of sp³-hybridized carbons (Fsp3) is 0.286. The molecule has 23 heavy (non-hydrogen) atoms. The van der Waals surface area contributed by atoms with Crippen molar-refractivity contribution < 1.29 is 13.7 Å². The van der Waals surface area contributed by atoms with Gasteiger partial charge in [0.15, 0.2) is 0 Å². The summed E-state index contributed by atoms with van der Waals surface area (Å²) in [5.74, 6) is 3.62. The van der Waals surface area contributed by atoms with Gasteiger partial charge in [0.2, 0.25) is 17.6 Å². The first-order chi connectivity index (χ1) is 11.3. The lowest BCUT2D eigenvalue weighted by molar-refractivity contribution is 0.390. The van der Waals surface area contributed by atoms with Crippen LogP contribution in [-0.4, -0.2) is 33.7 Å². The molecule has 0 spiro atoms. The zero-order valence-corrected chi connectivity index (χ0v) is 14.2. The van der Waals surface area contributed by atoms with Crippen LogP contribution in [0, 0.1) is 0 Å². The van der Waals surface area contributed by atoms with Gasteiger partial charge in [0.1, 0.15) is 5.75 Å². The van der Waals surface area contributed by atoms with Gasteiger partial charge in [0, 0.05) is 5.56 Å². The summed E-state index contributed by atoms with van der Waals surface area (Å²) in [6.45, 7) is 0. The van der Waals surface area contributed by atoms with E-state index in [-0.39, 0.29) is 0 Å². The van der Waals surface area contributed by atoms with E-state index in [1.165, 1.54) is 11.8 Å². The zero-order chi connectivity index (χ0) is 16.1. The van der Waals surface area contributed by atoms with E-state index in [1.54, 1.807) is 18.9 Å². The molecule has 3 aromatic rings. The van der Waals surface area contributed by atoms with E-state index in [1.807, 2.05) is 30.5 Å². The Balaban J connectivity index is 1.62. The third kappa shape index (κ3) is 4.05. The molecule has 0 amide bonds. The van der Waals surface area contributed by atoms with Crippen LogP contribution in [0.2, 0.25) is 0 Å². The Morgan fingerprint density at radius 3 is 2.65 bits per heavy atom. The summed E-state index contributed by atoms with van der Waals surface area (Å²) in [7, 11) is 1.63. The smallest absolute Gasteiger partial charge is 0.277 e. The number of nitrogens with zero attached hydrogens (tertiary/aromatic N) is 4. The summed E-state index contributed by atoms with van der Waals surface area (Å²) in [5.41, 5.74) is 0.867. The molecule has 0 aliphatic heterocycles. The highest BCUT2D eigenvalue weighted by Gasteiger charge is 2.12. The molecule has 0 saturated carbocycles. The van der Waals surface area contributed by atoms with Gasteiger partial charge in [-0.3, -0.25) is 0 Å². The van der Waals surface area contributed by atoms with E-state index in [9.17, 15) is 0 Å². The maximum absolute atomic E-state index is 5.48. The highest BCUT2D eigenvalue weighted by atomic mass is 32.2. The predicted molar refractivity (Wildman–Crippen MR) is 87.4 cm³/mol. The van der Waals surface area contributed by atoms with Crippen LogP contribution in [-0.2, 0) is 11.5 Å². The number of benzene rings is 1. The van der Waals surface area contributed by atoms with Gasteiger partial charge in [0.05, 0.1) is 18.6 Å². The van der Waals surface area contributed by atoms with Crippen LogP contribution in [0.25, 0.3) is 11.4 Å². The summed E-state index contributed by atoms with van der Waals surface area (Å²) in [6.07, 6.45) is 1.98. The number of aromatic nitrogens is 4. The average Bonchev–Trinajstić information content (AvgIpc) is 3.23. The van der Waals surface area contributed by atoms with Crippen LogP contribution in [0.1, 0.15) is 11.8 Å². The van der Waals surface area contributed by atoms with E-state index in [0.717, 1.165) is 11.3 Å². The number of hydrogen-bond donors (Lipinski definition) is 0. The van der Waals surface area contributed by atoms with Crippen molar-refractivity contribution in [2.75, 3.05) is 13.4 Å². The van der Waals surface area contributed by atoms with Gasteiger partial charge in [-0.2, -0.15) is 16.7 Å². The van der Waals surface area contributed by atoms with Crippen molar-refractivity contribution in [1.29, 1.82) is 0 Å². The standard InChI is InChI=1S/C14H14N4O3S2/c1-19-10-5-3-9(4-6-10)13-15-11(21-18-13)8-23-14-17-16-12(20-14)7-22-2/h3-6H,7-8H2,1-2H3. The largest absolute Gasteiger partial charge is 0.497 e. The van der Waals surface area contributed by atoms with E-state index in [4.69, 9.17) is 13.7 Å². The van der Waals surface area contributed by atoms with Gasteiger partial charge in [-0.05, 0) is 30.5 Å². The van der Waals surface area contributed by atoms with Crippen molar-refractivity contribution in [2.24, 2.45) is 0 Å². The first-order valence-corrected chi connectivity index (χ1v) is 9.07. The molecule has 120 valence electrons. The van der Waals surface area contributed by atoms with Gasteiger partial charge in [-0.1, -0.05) is 16.9 Å². The molecule has 0 unspecified atom stereocenters. The molecule has 0 bridgehead atoms. The van der Waals surface area contributed by atoms with E-state index in [2.05, 4.69) is 20.3 Å². The van der Waals surface area contributed by atoms with Crippen molar-refractivity contribution in [1.82, 2.24) is 20.3 Å². The van der Waals surface area contributed by atoms with E-state index >= 15 is 0 Å². The second kappa shape index (κ2) is 7.51. The number of thioether (sulfide) groups is 2. The van der Waals surface area contributed by atoms with Gasteiger partial charge in [0.25, 0.3) is 5.22 Å². The number of hydrogen-bond acceptors (Lipinski definition) is 9. The van der Waals surface area contributed by atoms with Crippen molar-refractivity contribution in [3.05, 3.63) is 36.0 Å². The highest BCUT2D eigenvalue weighted by molar-refractivity contribution is 7.98. The minimum absolute atomic E-state index is 0.476. The second-order valence-electron chi connectivity index (χ2n) is 4.42. The molecule has 0 aliphatic rings. The lowest BCUT2D eigenvalue weighted by Gasteiger charge is -1.98. The van der Waals surface area contributed by atoms with Crippen molar-refractivity contribution in [2.45, 2.75) is 16.7 Å². The third-order valence-corrected chi connectivity index (χ3v) is 4.19. The maximum Gasteiger partial charge on any atom is 0.277 e. The summed E-state index contributed by atoms with van der Waals surface area (Å²) in [4.78, 5) is 4.36. The van der Waals surface area contributed by atoms with Crippen LogP contribution < -0.4 is 4.74 Å². The zero-order valence-electron chi connectivity index (χ0n) is 12.6. The van der Waals surface area contributed by atoms with Crippen molar-refractivity contribution in [3.63, 3.8) is 0 Å². The van der Waals surface area contributed by atoms with Gasteiger partial charge in [-0.25, -0.2) is 0 Å². The molecular formula is C14H14N4O3S2. The van der Waals surface area contributed by atoms with Crippen LogP contribution in [0.15, 0.2) is 38.4 Å². The molecule has 0 radical (unpaired) electrons. The SMILES string of the molecule is COc1ccc(-c2noc(CSc3nnc(CSC)o3)n2)cc1. The average molecular weight is 350 g/mol. The van der Waals surface area contributed by atoms with Gasteiger partial charge >= 0.3 is 0 Å². The normalized spacial score (nSPS) is 10.9. The molecule has 2 heterocycles. The first-order valence-electron chi connectivity index (χ1n) is 6.69. The molecule has 7 nitrogen and oxygen atoms in total. The number of ether oxygens (including phenoxy) is 1. The topological polar surface area (TPSA) is 87.1 Å². The number of rotatable bonds is 7. The van der Waals surface area contributed by atoms with Gasteiger partial charge < -0.3 is 13.7 Å². The summed E-state index contributed by atoms with van der Waals surface area (Å²) in [5, 5.41) is 12.4. The highest BCUT2D eigenvalue weighted by Crippen LogP contribution is 2.24. The molecule has 0 fully saturated rings. The summed E-state index contributed by atoms with van der Waals surface area (Å²) in [6, 6.07) is 7.47. The Hall–Kier alpha value is -2.00. The quantitative estimate of drug-likeness (QED) is 0.596. The maximum atomic E-state index is 5.48. The molecule has 0 aliphatic carbocycles. The Labute approximate surface area is 141 Å². The Bertz CT molecular complexity index is 757. The summed E-state index contributed by atoms with van der Waals surface area (Å²) < 4.78 is 15.8. The molecule has 0 atom stereocenters. The third-order valence-electron chi connectivity index (χ3n) is 2.85. The molecule has 0 saturated heterocycles. The lowest BCUT2D eigenvalue weighted by atomic mass is 10.2.